The van der Waals surface area contributed by atoms with Crippen LogP contribution in [-0.4, -0.2) is 27.6 Å². The maximum Gasteiger partial charge on any atom is 0.256 e. The van der Waals surface area contributed by atoms with E-state index in [1.807, 2.05) is 66.2 Å². The van der Waals surface area contributed by atoms with E-state index in [0.29, 0.717) is 5.78 Å². The summed E-state index contributed by atoms with van der Waals surface area (Å²) in [7, 11) is -1.83. The Hall–Kier alpha value is -2.67. The molecular weight excluding hydrogens is 324 g/mol. The average molecular weight is 340 g/mol. The van der Waals surface area contributed by atoms with Gasteiger partial charge in [-0.1, -0.05) is 42.5 Å². The van der Waals surface area contributed by atoms with Gasteiger partial charge in [0.1, 0.15) is 0 Å². The largest absolute Gasteiger partial charge is 0.311 e. The van der Waals surface area contributed by atoms with Crippen molar-refractivity contribution in [2.75, 3.05) is 0 Å². The van der Waals surface area contributed by atoms with Crippen LogP contribution in [0.15, 0.2) is 59.8 Å². The predicted octanol–water partition coefficient (Wildman–Crippen LogP) is 2.76. The third-order valence-corrected chi connectivity index (χ3v) is 6.37. The molecule has 0 saturated heterocycles. The van der Waals surface area contributed by atoms with Crippen molar-refractivity contribution in [3.63, 3.8) is 0 Å². The highest BCUT2D eigenvalue weighted by molar-refractivity contribution is 7.91. The van der Waals surface area contributed by atoms with Crippen molar-refractivity contribution in [2.24, 2.45) is 7.05 Å². The van der Waals surface area contributed by atoms with Crippen molar-refractivity contribution < 1.29 is 8.42 Å². The smallest absolute Gasteiger partial charge is 0.256 e. The Morgan fingerprint density at radius 3 is 2.25 bits per heavy atom. The topological polar surface area (TPSA) is 69.3 Å². The normalized spacial score (nSPS) is 13.6. The number of fused-ring (bicyclic) bond motifs is 3. The molecule has 1 atom stereocenters. The number of rotatable bonds is 3. The van der Waals surface area contributed by atoms with Gasteiger partial charge in [-0.15, -0.1) is 10.2 Å². The number of imidazole rings is 1. The predicted molar refractivity (Wildman–Crippen MR) is 91.5 cm³/mol. The number of hydrogen-bond acceptors (Lipinski definition) is 4. The molecule has 0 unspecified atom stereocenters. The Labute approximate surface area is 139 Å². The quantitative estimate of drug-likeness (QED) is 0.575. The molecule has 0 saturated carbocycles. The minimum Gasteiger partial charge on any atom is -0.311 e. The molecule has 0 amide bonds. The Kier molecular flexibility index (Phi) is 3.21. The summed E-state index contributed by atoms with van der Waals surface area (Å²) in [5, 5.41) is 7.36. The second-order valence-electron chi connectivity index (χ2n) is 5.76. The van der Waals surface area contributed by atoms with Gasteiger partial charge in [-0.3, -0.25) is 0 Å². The number of benzene rings is 2. The number of hydrogen-bond donors (Lipinski definition) is 0. The van der Waals surface area contributed by atoms with Crippen LogP contribution in [0.2, 0.25) is 0 Å². The molecule has 0 aliphatic heterocycles. The molecule has 4 rings (SSSR count). The summed E-state index contributed by atoms with van der Waals surface area (Å²) in [5.41, 5.74) is 2.42. The maximum atomic E-state index is 13.1. The van der Waals surface area contributed by atoms with Gasteiger partial charge in [0.15, 0.2) is 0 Å². The zero-order valence-corrected chi connectivity index (χ0v) is 14.1. The molecule has 0 fully saturated rings. The van der Waals surface area contributed by atoms with E-state index in [1.165, 1.54) is 0 Å². The van der Waals surface area contributed by atoms with E-state index in [0.717, 1.165) is 16.6 Å². The zero-order valence-electron chi connectivity index (χ0n) is 13.3. The van der Waals surface area contributed by atoms with Gasteiger partial charge in [-0.05, 0) is 24.6 Å². The molecule has 24 heavy (non-hydrogen) atoms. The number of sulfone groups is 1. The van der Waals surface area contributed by atoms with Crippen LogP contribution in [0.25, 0.3) is 16.8 Å². The Morgan fingerprint density at radius 2 is 1.54 bits per heavy atom. The van der Waals surface area contributed by atoms with Crippen LogP contribution in [0.3, 0.4) is 0 Å². The van der Waals surface area contributed by atoms with E-state index in [9.17, 15) is 8.42 Å². The fourth-order valence-electron chi connectivity index (χ4n) is 2.98. The van der Waals surface area contributed by atoms with Gasteiger partial charge in [-0.25, -0.2) is 12.8 Å². The Bertz CT molecular complexity index is 1140. The summed E-state index contributed by atoms with van der Waals surface area (Å²) in [6.45, 7) is 1.68. The fraction of sp³-hybridized carbons (Fsp3) is 0.176. The molecule has 0 aliphatic carbocycles. The van der Waals surface area contributed by atoms with Gasteiger partial charge in [0.25, 0.3) is 5.16 Å². The molecule has 2 aromatic carbocycles. The van der Waals surface area contributed by atoms with Crippen molar-refractivity contribution in [3.05, 3.63) is 60.2 Å². The van der Waals surface area contributed by atoms with E-state index in [2.05, 4.69) is 10.2 Å². The Morgan fingerprint density at radius 1 is 0.917 bits per heavy atom. The average Bonchev–Trinajstić information content (AvgIpc) is 3.16. The molecule has 2 heterocycles. The van der Waals surface area contributed by atoms with Gasteiger partial charge in [0.05, 0.1) is 16.3 Å². The van der Waals surface area contributed by atoms with Gasteiger partial charge in [0, 0.05) is 7.05 Å². The van der Waals surface area contributed by atoms with Crippen molar-refractivity contribution >= 4 is 26.6 Å². The van der Waals surface area contributed by atoms with Crippen molar-refractivity contribution in [3.8, 4) is 0 Å². The fourth-order valence-corrected chi connectivity index (χ4v) is 4.40. The summed E-state index contributed by atoms with van der Waals surface area (Å²) in [5.74, 6) is 0.509. The van der Waals surface area contributed by atoms with Crippen LogP contribution in [0.4, 0.5) is 0 Å². The van der Waals surface area contributed by atoms with E-state index in [4.69, 9.17) is 0 Å². The van der Waals surface area contributed by atoms with Gasteiger partial charge in [-0.2, -0.15) is 0 Å². The molecule has 0 radical (unpaired) electrons. The van der Waals surface area contributed by atoms with Gasteiger partial charge >= 0.3 is 0 Å². The molecule has 0 N–H and O–H groups in total. The minimum atomic E-state index is -3.68. The van der Waals surface area contributed by atoms with Crippen molar-refractivity contribution in [2.45, 2.75) is 17.3 Å². The van der Waals surface area contributed by atoms with Crippen LogP contribution in [0.1, 0.15) is 17.7 Å². The lowest BCUT2D eigenvalue weighted by molar-refractivity contribution is 0.575. The zero-order chi connectivity index (χ0) is 16.9. The van der Waals surface area contributed by atoms with Gasteiger partial charge < -0.3 is 4.57 Å². The van der Waals surface area contributed by atoms with Crippen LogP contribution in [0.5, 0.6) is 0 Å². The van der Waals surface area contributed by atoms with E-state index < -0.39 is 15.1 Å². The highest BCUT2D eigenvalue weighted by atomic mass is 32.2. The molecule has 2 aromatic heterocycles. The van der Waals surface area contributed by atoms with Crippen LogP contribution >= 0.6 is 0 Å². The van der Waals surface area contributed by atoms with Crippen LogP contribution in [-0.2, 0) is 16.9 Å². The maximum absolute atomic E-state index is 13.1. The first-order valence-electron chi connectivity index (χ1n) is 7.59. The molecule has 0 spiro atoms. The van der Waals surface area contributed by atoms with Gasteiger partial charge in [0.2, 0.25) is 15.6 Å². The molecular formula is C17H16N4O2S. The standard InChI is InChI=1S/C17H16N4O2S/c1-12(13-8-4-3-5-9-13)24(22,23)17-19-18-16-20(2)14-10-6-7-11-15(14)21(16)17/h3-12H,1-2H3/t12-/m0/s1. The second kappa shape index (κ2) is 5.17. The lowest BCUT2D eigenvalue weighted by Crippen LogP contribution is -2.14. The summed E-state index contributed by atoms with van der Waals surface area (Å²) in [4.78, 5) is 0. The Balaban J connectivity index is 1.98. The molecule has 122 valence electrons. The van der Waals surface area contributed by atoms with Crippen LogP contribution in [0, 0.1) is 0 Å². The highest BCUT2D eigenvalue weighted by Gasteiger charge is 2.31. The second-order valence-corrected chi connectivity index (χ2v) is 7.93. The minimum absolute atomic E-state index is 0.0225. The van der Waals surface area contributed by atoms with E-state index in [-0.39, 0.29) is 5.16 Å². The number of aromatic nitrogens is 4. The van der Waals surface area contributed by atoms with Crippen LogP contribution < -0.4 is 0 Å². The lowest BCUT2D eigenvalue weighted by Gasteiger charge is -2.11. The summed E-state index contributed by atoms with van der Waals surface area (Å²) < 4.78 is 29.7. The first-order chi connectivity index (χ1) is 11.5. The number of nitrogens with zero attached hydrogens (tertiary/aromatic N) is 4. The molecule has 4 aromatic rings. The first kappa shape index (κ1) is 14.9. The summed E-state index contributed by atoms with van der Waals surface area (Å²) >= 11 is 0. The number of para-hydroxylation sites is 2. The summed E-state index contributed by atoms with van der Waals surface area (Å²) in [6.07, 6.45) is 0. The molecule has 0 aliphatic rings. The molecule has 0 bridgehead atoms. The van der Waals surface area contributed by atoms with Crippen molar-refractivity contribution in [1.29, 1.82) is 0 Å². The summed E-state index contributed by atoms with van der Waals surface area (Å²) in [6, 6.07) is 16.7. The third-order valence-electron chi connectivity index (χ3n) is 4.39. The highest BCUT2D eigenvalue weighted by Crippen LogP contribution is 2.30. The van der Waals surface area contributed by atoms with E-state index in [1.54, 1.807) is 11.3 Å². The SMILES string of the molecule is C[C@@H](c1ccccc1)S(=O)(=O)c1nnc2n(C)c3ccccc3n12. The molecule has 6 nitrogen and oxygen atoms in total. The van der Waals surface area contributed by atoms with E-state index >= 15 is 0 Å². The third kappa shape index (κ3) is 1.98. The molecule has 7 heteroatoms. The monoisotopic (exact) mass is 340 g/mol. The lowest BCUT2D eigenvalue weighted by atomic mass is 10.2. The first-order valence-corrected chi connectivity index (χ1v) is 9.14. The number of aryl methyl sites for hydroxylation is 1. The van der Waals surface area contributed by atoms with Crippen molar-refractivity contribution in [1.82, 2.24) is 19.2 Å².